The average Bonchev–Trinajstić information content (AvgIpc) is 3.11. The number of halogens is 1. The van der Waals surface area contributed by atoms with Gasteiger partial charge in [-0.15, -0.1) is 0 Å². The molecule has 0 aliphatic carbocycles. The highest BCUT2D eigenvalue weighted by molar-refractivity contribution is 5.90. The molecule has 0 radical (unpaired) electrons. The summed E-state index contributed by atoms with van der Waals surface area (Å²) in [5.74, 6) is 0.137. The lowest BCUT2D eigenvalue weighted by atomic mass is 10.0. The summed E-state index contributed by atoms with van der Waals surface area (Å²) in [5, 5.41) is 9.88. The van der Waals surface area contributed by atoms with E-state index in [4.69, 9.17) is 4.98 Å². The van der Waals surface area contributed by atoms with Gasteiger partial charge in [-0.2, -0.15) is 5.10 Å². The molecule has 8 heteroatoms. The molecule has 0 fully saturated rings. The van der Waals surface area contributed by atoms with E-state index >= 15 is 0 Å². The number of pyridine rings is 1. The van der Waals surface area contributed by atoms with Gasteiger partial charge in [0.1, 0.15) is 17.3 Å². The summed E-state index contributed by atoms with van der Waals surface area (Å²) >= 11 is 0. The Bertz CT molecular complexity index is 1250. The van der Waals surface area contributed by atoms with E-state index < -0.39 is 0 Å². The summed E-state index contributed by atoms with van der Waals surface area (Å²) in [5.41, 5.74) is 5.18. The van der Waals surface area contributed by atoms with Crippen molar-refractivity contribution in [2.45, 2.75) is 20.8 Å². The molecule has 0 unspecified atom stereocenters. The molecule has 0 saturated carbocycles. The zero-order chi connectivity index (χ0) is 21.3. The first-order valence-corrected chi connectivity index (χ1v) is 9.60. The van der Waals surface area contributed by atoms with E-state index in [-0.39, 0.29) is 11.8 Å². The van der Waals surface area contributed by atoms with Crippen LogP contribution in [0.2, 0.25) is 0 Å². The van der Waals surface area contributed by atoms with Crippen LogP contribution in [0.25, 0.3) is 28.2 Å². The van der Waals surface area contributed by atoms with E-state index in [9.17, 15) is 9.18 Å². The predicted molar refractivity (Wildman–Crippen MR) is 114 cm³/mol. The summed E-state index contributed by atoms with van der Waals surface area (Å²) in [6, 6.07) is 10.1. The number of rotatable bonds is 4. The Kier molecular flexibility index (Phi) is 5.14. The highest BCUT2D eigenvalue weighted by Crippen LogP contribution is 2.34. The number of fused-ring (bicyclic) bond motifs is 1. The van der Waals surface area contributed by atoms with Crippen LogP contribution in [-0.2, 0) is 0 Å². The Morgan fingerprint density at radius 3 is 2.67 bits per heavy atom. The summed E-state index contributed by atoms with van der Waals surface area (Å²) in [7, 11) is 0. The first kappa shape index (κ1) is 19.5. The van der Waals surface area contributed by atoms with Gasteiger partial charge in [-0.1, -0.05) is 0 Å². The Morgan fingerprint density at radius 2 is 1.90 bits per heavy atom. The van der Waals surface area contributed by atoms with Gasteiger partial charge in [0, 0.05) is 30.1 Å². The summed E-state index contributed by atoms with van der Waals surface area (Å²) in [6.45, 7) is 6.03. The Hall–Kier alpha value is -3.81. The second-order valence-corrected chi connectivity index (χ2v) is 6.94. The number of urea groups is 1. The molecule has 152 valence electrons. The molecule has 0 aliphatic heterocycles. The minimum absolute atomic E-state index is 0.268. The molecule has 3 aromatic heterocycles. The number of imidazole rings is 1. The van der Waals surface area contributed by atoms with Crippen LogP contribution in [0.15, 0.2) is 48.8 Å². The van der Waals surface area contributed by atoms with Crippen LogP contribution in [0, 0.1) is 19.7 Å². The highest BCUT2D eigenvalue weighted by atomic mass is 19.1. The van der Waals surface area contributed by atoms with E-state index in [2.05, 4.69) is 20.7 Å². The minimum Gasteiger partial charge on any atom is -0.338 e. The lowest BCUT2D eigenvalue weighted by Crippen LogP contribution is -2.28. The van der Waals surface area contributed by atoms with Gasteiger partial charge in [-0.05, 0) is 68.3 Å². The van der Waals surface area contributed by atoms with Gasteiger partial charge in [-0.25, -0.2) is 23.7 Å². The van der Waals surface area contributed by atoms with Crippen molar-refractivity contribution in [1.29, 1.82) is 0 Å². The number of anilines is 1. The summed E-state index contributed by atoms with van der Waals surface area (Å²) in [4.78, 5) is 20.9. The molecular weight excluding hydrogens is 383 g/mol. The topological polar surface area (TPSA) is 84.2 Å². The molecule has 4 aromatic rings. The maximum atomic E-state index is 13.9. The first-order chi connectivity index (χ1) is 14.5. The fraction of sp³-hybridized carbons (Fsp3) is 0.182. The number of benzene rings is 1. The number of nitrogens with zero attached hydrogens (tertiary/aromatic N) is 4. The van der Waals surface area contributed by atoms with Crippen LogP contribution in [0.4, 0.5) is 15.0 Å². The first-order valence-electron chi connectivity index (χ1n) is 9.60. The Balaban J connectivity index is 1.91. The van der Waals surface area contributed by atoms with Gasteiger partial charge >= 0.3 is 6.03 Å². The normalized spacial score (nSPS) is 10.9. The van der Waals surface area contributed by atoms with Crippen LogP contribution < -0.4 is 10.6 Å². The lowest BCUT2D eigenvalue weighted by molar-refractivity contribution is 0.252. The monoisotopic (exact) mass is 404 g/mol. The number of amides is 2. The number of hydrogen-bond acceptors (Lipinski definition) is 4. The Morgan fingerprint density at radius 1 is 1.07 bits per heavy atom. The van der Waals surface area contributed by atoms with Crippen molar-refractivity contribution in [3.8, 4) is 22.5 Å². The summed E-state index contributed by atoms with van der Waals surface area (Å²) in [6.07, 6.45) is 3.33. The van der Waals surface area contributed by atoms with E-state index in [0.717, 1.165) is 22.4 Å². The van der Waals surface area contributed by atoms with Crippen LogP contribution in [0.1, 0.15) is 18.1 Å². The second-order valence-electron chi connectivity index (χ2n) is 6.94. The minimum atomic E-state index is -0.330. The SMILES string of the molecule is CCNC(=O)Nc1cc(-c2c(-c3ccc(F)c(C)c3)nc3c(C)ccnn23)ccn1. The number of aryl methyl sites for hydroxylation is 2. The average molecular weight is 404 g/mol. The third kappa shape index (κ3) is 3.59. The smallest absolute Gasteiger partial charge is 0.320 e. The molecule has 0 bridgehead atoms. The maximum absolute atomic E-state index is 13.9. The van der Waals surface area contributed by atoms with Gasteiger partial charge in [0.05, 0.1) is 5.69 Å². The van der Waals surface area contributed by atoms with Crippen LogP contribution >= 0.6 is 0 Å². The zero-order valence-corrected chi connectivity index (χ0v) is 16.9. The molecule has 0 aliphatic rings. The number of hydrogen-bond donors (Lipinski definition) is 2. The molecule has 7 nitrogen and oxygen atoms in total. The summed E-state index contributed by atoms with van der Waals surface area (Å²) < 4.78 is 15.6. The molecular formula is C22H21FN6O. The maximum Gasteiger partial charge on any atom is 0.320 e. The fourth-order valence-electron chi connectivity index (χ4n) is 3.29. The number of carbonyl (C=O) groups excluding carboxylic acids is 1. The Labute approximate surface area is 173 Å². The number of carbonyl (C=O) groups is 1. The highest BCUT2D eigenvalue weighted by Gasteiger charge is 2.19. The van der Waals surface area contributed by atoms with Gasteiger partial charge in [0.25, 0.3) is 0 Å². The van der Waals surface area contributed by atoms with Crippen molar-refractivity contribution < 1.29 is 9.18 Å². The quantitative estimate of drug-likeness (QED) is 0.529. The molecule has 4 rings (SSSR count). The third-order valence-electron chi connectivity index (χ3n) is 4.76. The molecule has 0 spiro atoms. The molecule has 1 aromatic carbocycles. The van der Waals surface area contributed by atoms with Crippen molar-refractivity contribution in [3.63, 3.8) is 0 Å². The van der Waals surface area contributed by atoms with Gasteiger partial charge in [0.15, 0.2) is 5.65 Å². The molecule has 0 saturated heterocycles. The predicted octanol–water partition coefficient (Wildman–Crippen LogP) is 4.36. The standard InChI is InChI=1S/C22H21FN6O/c1-4-24-22(30)27-18-12-16(8-9-25-18)20-19(15-5-6-17(23)14(3)11-15)28-21-13(2)7-10-26-29(20)21/h5-12H,4H2,1-3H3,(H2,24,25,27,30). The molecule has 30 heavy (non-hydrogen) atoms. The van der Waals surface area contributed by atoms with Crippen molar-refractivity contribution in [2.75, 3.05) is 11.9 Å². The molecule has 3 heterocycles. The van der Waals surface area contributed by atoms with Crippen LogP contribution in [0.3, 0.4) is 0 Å². The van der Waals surface area contributed by atoms with E-state index in [1.807, 2.05) is 26.0 Å². The van der Waals surface area contributed by atoms with Crippen LogP contribution in [-0.4, -0.2) is 32.2 Å². The van der Waals surface area contributed by atoms with Crippen molar-refractivity contribution in [3.05, 3.63) is 65.7 Å². The number of nitrogens with one attached hydrogen (secondary N) is 2. The second kappa shape index (κ2) is 7.90. The largest absolute Gasteiger partial charge is 0.338 e. The molecule has 2 amide bonds. The fourth-order valence-corrected chi connectivity index (χ4v) is 3.29. The van der Waals surface area contributed by atoms with Gasteiger partial charge in [-0.3, -0.25) is 5.32 Å². The zero-order valence-electron chi connectivity index (χ0n) is 16.9. The molecule has 0 atom stereocenters. The van der Waals surface area contributed by atoms with E-state index in [0.29, 0.717) is 29.3 Å². The van der Waals surface area contributed by atoms with Gasteiger partial charge in [0.2, 0.25) is 0 Å². The van der Waals surface area contributed by atoms with Gasteiger partial charge < -0.3 is 5.32 Å². The van der Waals surface area contributed by atoms with Crippen molar-refractivity contribution in [1.82, 2.24) is 24.9 Å². The third-order valence-corrected chi connectivity index (χ3v) is 4.76. The lowest BCUT2D eigenvalue weighted by Gasteiger charge is -2.09. The van der Waals surface area contributed by atoms with E-state index in [1.165, 1.54) is 6.07 Å². The number of aromatic nitrogens is 4. The van der Waals surface area contributed by atoms with Crippen LogP contribution in [0.5, 0.6) is 0 Å². The van der Waals surface area contributed by atoms with Crippen molar-refractivity contribution >= 4 is 17.5 Å². The van der Waals surface area contributed by atoms with Crippen molar-refractivity contribution in [2.24, 2.45) is 0 Å². The van der Waals surface area contributed by atoms with E-state index in [1.54, 1.807) is 42.0 Å². The molecule has 2 N–H and O–H groups in total.